The Morgan fingerprint density at radius 3 is 2.74 bits per heavy atom. The standard InChI is InChI=1S/C16H16N2O4S/c1-22-10-11-4-3-5-12(8-11)17-16(19)14-9-13(23-2)6-7-15(14)18(20)21/h3-9H,10H2,1-2H3,(H,17,19). The van der Waals surface area contributed by atoms with Crippen LogP contribution < -0.4 is 5.32 Å². The highest BCUT2D eigenvalue weighted by atomic mass is 32.2. The number of nitro groups is 1. The maximum absolute atomic E-state index is 12.4. The molecule has 0 saturated carbocycles. The number of hydrogen-bond acceptors (Lipinski definition) is 5. The molecule has 2 aromatic carbocycles. The first kappa shape index (κ1) is 17.0. The van der Waals surface area contributed by atoms with Crippen molar-refractivity contribution >= 4 is 29.0 Å². The van der Waals surface area contributed by atoms with Gasteiger partial charge in [-0.1, -0.05) is 12.1 Å². The first-order chi connectivity index (χ1) is 11.0. The lowest BCUT2D eigenvalue weighted by molar-refractivity contribution is -0.385. The van der Waals surface area contributed by atoms with Crippen molar-refractivity contribution < 1.29 is 14.5 Å². The number of nitrogens with zero attached hydrogens (tertiary/aromatic N) is 1. The number of nitro benzene ring substituents is 1. The Bertz CT molecular complexity index is 734. The van der Waals surface area contributed by atoms with E-state index in [0.29, 0.717) is 12.3 Å². The molecule has 120 valence electrons. The number of rotatable bonds is 6. The summed E-state index contributed by atoms with van der Waals surface area (Å²) in [4.78, 5) is 23.8. The highest BCUT2D eigenvalue weighted by Gasteiger charge is 2.20. The normalized spacial score (nSPS) is 10.3. The second-order valence-corrected chi connectivity index (χ2v) is 5.61. The van der Waals surface area contributed by atoms with Crippen LogP contribution >= 0.6 is 11.8 Å². The molecule has 0 aliphatic carbocycles. The summed E-state index contributed by atoms with van der Waals surface area (Å²) in [5.74, 6) is -0.512. The SMILES string of the molecule is COCc1cccc(NC(=O)c2cc(SC)ccc2[N+](=O)[O-])c1. The number of benzene rings is 2. The molecule has 0 aliphatic rings. The molecule has 2 rings (SSSR count). The average Bonchev–Trinajstić information content (AvgIpc) is 2.54. The van der Waals surface area contributed by atoms with E-state index in [1.54, 1.807) is 31.4 Å². The average molecular weight is 332 g/mol. The third-order valence-corrected chi connectivity index (χ3v) is 3.87. The summed E-state index contributed by atoms with van der Waals surface area (Å²) in [7, 11) is 1.59. The van der Waals surface area contributed by atoms with Gasteiger partial charge in [0.25, 0.3) is 11.6 Å². The fourth-order valence-corrected chi connectivity index (χ4v) is 2.53. The van der Waals surface area contributed by atoms with Crippen LogP contribution in [0, 0.1) is 10.1 Å². The van der Waals surface area contributed by atoms with Gasteiger partial charge in [-0.3, -0.25) is 14.9 Å². The lowest BCUT2D eigenvalue weighted by Gasteiger charge is -2.08. The van der Waals surface area contributed by atoms with E-state index in [9.17, 15) is 14.9 Å². The highest BCUT2D eigenvalue weighted by molar-refractivity contribution is 7.98. The molecule has 0 fully saturated rings. The van der Waals surface area contributed by atoms with Crippen LogP contribution in [0.3, 0.4) is 0 Å². The van der Waals surface area contributed by atoms with Crippen LogP contribution in [0.4, 0.5) is 11.4 Å². The number of amides is 1. The summed E-state index contributed by atoms with van der Waals surface area (Å²) in [6.07, 6.45) is 1.84. The molecule has 0 unspecified atom stereocenters. The molecular weight excluding hydrogens is 316 g/mol. The second-order valence-electron chi connectivity index (χ2n) is 4.73. The number of carbonyl (C=O) groups excluding carboxylic acids is 1. The van der Waals surface area contributed by atoms with Gasteiger partial charge in [-0.15, -0.1) is 11.8 Å². The molecule has 0 bridgehead atoms. The Morgan fingerprint density at radius 1 is 1.30 bits per heavy atom. The smallest absolute Gasteiger partial charge is 0.282 e. The molecule has 23 heavy (non-hydrogen) atoms. The van der Waals surface area contributed by atoms with Gasteiger partial charge in [0.2, 0.25) is 0 Å². The van der Waals surface area contributed by atoms with Gasteiger partial charge >= 0.3 is 0 Å². The molecule has 1 amide bonds. The van der Waals surface area contributed by atoms with E-state index in [1.165, 1.54) is 23.9 Å². The quantitative estimate of drug-likeness (QED) is 0.495. The maximum atomic E-state index is 12.4. The van der Waals surface area contributed by atoms with Crippen molar-refractivity contribution in [3.63, 3.8) is 0 Å². The number of thioether (sulfide) groups is 1. The molecule has 6 nitrogen and oxygen atoms in total. The molecule has 0 radical (unpaired) electrons. The third kappa shape index (κ3) is 4.30. The molecule has 1 N–H and O–H groups in total. The van der Waals surface area contributed by atoms with Crippen LogP contribution in [0.25, 0.3) is 0 Å². The van der Waals surface area contributed by atoms with E-state index < -0.39 is 10.8 Å². The first-order valence-electron chi connectivity index (χ1n) is 6.77. The third-order valence-electron chi connectivity index (χ3n) is 3.14. The molecule has 0 atom stereocenters. The fraction of sp³-hybridized carbons (Fsp3) is 0.188. The largest absolute Gasteiger partial charge is 0.380 e. The van der Waals surface area contributed by atoms with Crippen molar-refractivity contribution in [2.75, 3.05) is 18.7 Å². The highest BCUT2D eigenvalue weighted by Crippen LogP contribution is 2.25. The van der Waals surface area contributed by atoms with E-state index in [4.69, 9.17) is 4.74 Å². The zero-order valence-corrected chi connectivity index (χ0v) is 13.6. The number of carbonyl (C=O) groups is 1. The van der Waals surface area contributed by atoms with Crippen molar-refractivity contribution in [3.05, 3.63) is 63.7 Å². The number of hydrogen-bond donors (Lipinski definition) is 1. The summed E-state index contributed by atoms with van der Waals surface area (Å²) in [6, 6.07) is 11.7. The van der Waals surface area contributed by atoms with Gasteiger partial charge in [-0.2, -0.15) is 0 Å². The molecule has 2 aromatic rings. The summed E-state index contributed by atoms with van der Waals surface area (Å²) in [6.45, 7) is 0.422. The molecule has 0 aromatic heterocycles. The van der Waals surface area contributed by atoms with Gasteiger partial charge in [-0.25, -0.2) is 0 Å². The van der Waals surface area contributed by atoms with Crippen molar-refractivity contribution in [2.24, 2.45) is 0 Å². The Labute approximate surface area is 138 Å². The summed E-state index contributed by atoms with van der Waals surface area (Å²) in [5, 5.41) is 13.8. The molecular formula is C16H16N2O4S. The van der Waals surface area contributed by atoms with E-state index in [1.807, 2.05) is 12.3 Å². The van der Waals surface area contributed by atoms with Crippen LogP contribution in [0.5, 0.6) is 0 Å². The molecule has 0 saturated heterocycles. The number of nitrogens with one attached hydrogen (secondary N) is 1. The first-order valence-corrected chi connectivity index (χ1v) is 7.99. The van der Waals surface area contributed by atoms with Gasteiger partial charge < -0.3 is 10.1 Å². The van der Waals surface area contributed by atoms with Crippen molar-refractivity contribution in [1.82, 2.24) is 0 Å². The van der Waals surface area contributed by atoms with Crippen molar-refractivity contribution in [2.45, 2.75) is 11.5 Å². The molecule has 7 heteroatoms. The van der Waals surface area contributed by atoms with Crippen LogP contribution in [-0.4, -0.2) is 24.2 Å². The minimum absolute atomic E-state index is 0.0407. The van der Waals surface area contributed by atoms with Gasteiger partial charge in [0, 0.05) is 23.8 Å². The Morgan fingerprint density at radius 2 is 2.09 bits per heavy atom. The van der Waals surface area contributed by atoms with Gasteiger partial charge in [-0.05, 0) is 36.1 Å². The Hall–Kier alpha value is -2.38. The summed E-state index contributed by atoms with van der Waals surface area (Å²) >= 11 is 1.42. The van der Waals surface area contributed by atoms with Gasteiger partial charge in [0.15, 0.2) is 0 Å². The monoisotopic (exact) mass is 332 g/mol. The minimum atomic E-state index is -0.555. The maximum Gasteiger partial charge on any atom is 0.282 e. The van der Waals surface area contributed by atoms with Crippen LogP contribution in [0.1, 0.15) is 15.9 Å². The predicted molar refractivity (Wildman–Crippen MR) is 90.0 cm³/mol. The van der Waals surface area contributed by atoms with E-state index in [0.717, 1.165) is 10.5 Å². The summed E-state index contributed by atoms with van der Waals surface area (Å²) in [5.41, 5.74) is 1.29. The van der Waals surface area contributed by atoms with Crippen molar-refractivity contribution in [3.8, 4) is 0 Å². The van der Waals surface area contributed by atoms with Gasteiger partial charge in [0.05, 0.1) is 11.5 Å². The van der Waals surface area contributed by atoms with Crippen LogP contribution in [0.15, 0.2) is 47.4 Å². The minimum Gasteiger partial charge on any atom is -0.380 e. The van der Waals surface area contributed by atoms with Crippen LogP contribution in [0.2, 0.25) is 0 Å². The van der Waals surface area contributed by atoms with E-state index in [-0.39, 0.29) is 11.3 Å². The van der Waals surface area contributed by atoms with Crippen molar-refractivity contribution in [1.29, 1.82) is 0 Å². The van der Waals surface area contributed by atoms with E-state index >= 15 is 0 Å². The summed E-state index contributed by atoms with van der Waals surface area (Å²) < 4.78 is 5.05. The zero-order chi connectivity index (χ0) is 16.8. The molecule has 0 spiro atoms. The predicted octanol–water partition coefficient (Wildman–Crippen LogP) is 3.72. The molecule has 0 aliphatic heterocycles. The Balaban J connectivity index is 2.29. The van der Waals surface area contributed by atoms with E-state index in [2.05, 4.69) is 5.32 Å². The molecule has 0 heterocycles. The lowest BCUT2D eigenvalue weighted by Crippen LogP contribution is -2.14. The number of anilines is 1. The Kier molecular flexibility index (Phi) is 5.72. The number of methoxy groups -OCH3 is 1. The topological polar surface area (TPSA) is 81.5 Å². The van der Waals surface area contributed by atoms with Crippen LogP contribution in [-0.2, 0) is 11.3 Å². The second kappa shape index (κ2) is 7.75. The van der Waals surface area contributed by atoms with Gasteiger partial charge in [0.1, 0.15) is 5.56 Å². The lowest BCUT2D eigenvalue weighted by atomic mass is 10.1. The number of ether oxygens (including phenoxy) is 1. The zero-order valence-electron chi connectivity index (χ0n) is 12.7. The fourth-order valence-electron chi connectivity index (χ4n) is 2.09.